The molecule has 1 atom stereocenters. The normalized spacial score (nSPS) is 17.2. The number of nitrogens with one attached hydrogen (secondary N) is 1. The van der Waals surface area contributed by atoms with Crippen LogP contribution < -0.4 is 4.72 Å². The zero-order chi connectivity index (χ0) is 20.9. The van der Waals surface area contributed by atoms with E-state index >= 15 is 0 Å². The fourth-order valence-corrected chi connectivity index (χ4v) is 4.93. The van der Waals surface area contributed by atoms with Crippen LogP contribution in [0.1, 0.15) is 49.0 Å². The molecule has 1 fully saturated rings. The van der Waals surface area contributed by atoms with E-state index in [1.54, 1.807) is 37.3 Å². The number of ketones is 1. The number of carbonyl (C=O) groups excluding carboxylic acids is 1. The van der Waals surface area contributed by atoms with Crippen molar-refractivity contribution in [1.82, 2.24) is 4.72 Å². The van der Waals surface area contributed by atoms with E-state index in [1.807, 2.05) is 12.1 Å². The summed E-state index contributed by atoms with van der Waals surface area (Å²) in [6, 6.07) is 12.2. The van der Waals surface area contributed by atoms with E-state index in [4.69, 9.17) is 16.3 Å². The predicted octanol–water partition coefficient (Wildman–Crippen LogP) is 4.23. The van der Waals surface area contributed by atoms with Gasteiger partial charge in [-0.25, -0.2) is 13.1 Å². The topological polar surface area (TPSA) is 72.5 Å². The molecule has 1 aliphatic heterocycles. The maximum Gasteiger partial charge on any atom is 0.240 e. The van der Waals surface area contributed by atoms with Gasteiger partial charge in [0.15, 0.2) is 0 Å². The van der Waals surface area contributed by atoms with Crippen molar-refractivity contribution in [2.45, 2.75) is 50.0 Å². The van der Waals surface area contributed by atoms with Gasteiger partial charge in [-0.15, -0.1) is 0 Å². The Morgan fingerprint density at radius 3 is 2.69 bits per heavy atom. The molecule has 3 rings (SSSR count). The smallest absolute Gasteiger partial charge is 0.240 e. The first-order chi connectivity index (χ1) is 13.9. The molecule has 1 N–H and O–H groups in total. The van der Waals surface area contributed by atoms with E-state index in [2.05, 4.69) is 4.72 Å². The molecule has 2 aromatic rings. The van der Waals surface area contributed by atoms with Crippen LogP contribution >= 0.6 is 11.6 Å². The summed E-state index contributed by atoms with van der Waals surface area (Å²) in [6.45, 7) is 2.72. The van der Waals surface area contributed by atoms with Gasteiger partial charge in [0, 0.05) is 31.0 Å². The van der Waals surface area contributed by atoms with Gasteiger partial charge in [-0.05, 0) is 60.2 Å². The third kappa shape index (κ3) is 5.89. The molecule has 29 heavy (non-hydrogen) atoms. The van der Waals surface area contributed by atoms with Crippen LogP contribution in [0, 0.1) is 0 Å². The van der Waals surface area contributed by atoms with Crippen molar-refractivity contribution in [1.29, 1.82) is 0 Å². The van der Waals surface area contributed by atoms with Gasteiger partial charge in [-0.3, -0.25) is 4.79 Å². The molecular formula is C22H26ClNO4S. The van der Waals surface area contributed by atoms with Gasteiger partial charge in [0.25, 0.3) is 0 Å². The maximum absolute atomic E-state index is 12.8. The molecule has 1 saturated heterocycles. The largest absolute Gasteiger partial charge is 0.374 e. The standard InChI is InChI=1S/C22H26ClNO4S/c1-2-24-29(26,27)20-9-10-21(22-8-3-4-11-28-22)17(15-20)14-19(25)13-16-6-5-7-18(23)12-16/h5-7,9-10,12,15,22,24H,2-4,8,11,13-14H2,1H3. The van der Waals surface area contributed by atoms with Crippen LogP contribution in [0.15, 0.2) is 47.4 Å². The summed E-state index contributed by atoms with van der Waals surface area (Å²) in [5.74, 6) is 0.00215. The SMILES string of the molecule is CCNS(=O)(=O)c1ccc(C2CCCCO2)c(CC(=O)Cc2cccc(Cl)c2)c1. The number of Topliss-reactive ketones (excluding diaryl/α,β-unsaturated/α-hetero) is 1. The van der Waals surface area contributed by atoms with Crippen molar-refractivity contribution in [3.8, 4) is 0 Å². The van der Waals surface area contributed by atoms with Crippen LogP contribution in [0.2, 0.25) is 5.02 Å². The van der Waals surface area contributed by atoms with Gasteiger partial charge in [-0.1, -0.05) is 36.7 Å². The number of hydrogen-bond acceptors (Lipinski definition) is 4. The summed E-state index contributed by atoms with van der Waals surface area (Å²) in [4.78, 5) is 12.9. The van der Waals surface area contributed by atoms with Crippen molar-refractivity contribution in [2.75, 3.05) is 13.2 Å². The summed E-state index contributed by atoms with van der Waals surface area (Å²) in [6.07, 6.45) is 3.24. The molecular weight excluding hydrogens is 410 g/mol. The number of carbonyl (C=O) groups is 1. The van der Waals surface area contributed by atoms with Crippen LogP contribution in [0.25, 0.3) is 0 Å². The summed E-state index contributed by atoms with van der Waals surface area (Å²) in [5.41, 5.74) is 2.46. The lowest BCUT2D eigenvalue weighted by Crippen LogP contribution is -2.24. The number of ether oxygens (including phenoxy) is 1. The van der Waals surface area contributed by atoms with Gasteiger partial charge < -0.3 is 4.74 Å². The van der Waals surface area contributed by atoms with Gasteiger partial charge in [0.1, 0.15) is 5.78 Å². The van der Waals surface area contributed by atoms with Crippen LogP contribution in [-0.4, -0.2) is 27.4 Å². The van der Waals surface area contributed by atoms with E-state index in [9.17, 15) is 13.2 Å². The molecule has 0 aromatic heterocycles. The van der Waals surface area contributed by atoms with Crippen molar-refractivity contribution in [2.24, 2.45) is 0 Å². The van der Waals surface area contributed by atoms with Crippen LogP contribution in [0.5, 0.6) is 0 Å². The van der Waals surface area contributed by atoms with Crippen molar-refractivity contribution >= 4 is 27.4 Å². The molecule has 1 heterocycles. The monoisotopic (exact) mass is 435 g/mol. The minimum Gasteiger partial charge on any atom is -0.374 e. The lowest BCUT2D eigenvalue weighted by atomic mass is 9.93. The predicted molar refractivity (Wildman–Crippen MR) is 114 cm³/mol. The van der Waals surface area contributed by atoms with Crippen molar-refractivity contribution in [3.63, 3.8) is 0 Å². The van der Waals surface area contributed by atoms with Gasteiger partial charge in [-0.2, -0.15) is 0 Å². The molecule has 0 amide bonds. The maximum atomic E-state index is 12.8. The zero-order valence-electron chi connectivity index (χ0n) is 16.5. The van der Waals surface area contributed by atoms with Crippen LogP contribution in [0.4, 0.5) is 0 Å². The minimum absolute atomic E-state index is 0.00215. The third-order valence-corrected chi connectivity index (χ3v) is 6.74. The Bertz CT molecular complexity index is 969. The average Bonchev–Trinajstić information content (AvgIpc) is 2.68. The van der Waals surface area contributed by atoms with Crippen LogP contribution in [0.3, 0.4) is 0 Å². The number of sulfonamides is 1. The second-order valence-corrected chi connectivity index (χ2v) is 9.44. The molecule has 0 saturated carbocycles. The third-order valence-electron chi connectivity index (χ3n) is 4.96. The van der Waals surface area contributed by atoms with Crippen molar-refractivity contribution in [3.05, 3.63) is 64.2 Å². The Morgan fingerprint density at radius 1 is 1.17 bits per heavy atom. The van der Waals surface area contributed by atoms with E-state index in [1.165, 1.54) is 0 Å². The number of benzene rings is 2. The average molecular weight is 436 g/mol. The highest BCUT2D eigenvalue weighted by molar-refractivity contribution is 7.89. The molecule has 0 spiro atoms. The molecule has 2 aromatic carbocycles. The fraction of sp³-hybridized carbons (Fsp3) is 0.409. The first-order valence-corrected chi connectivity index (χ1v) is 11.8. The molecule has 156 valence electrons. The summed E-state index contributed by atoms with van der Waals surface area (Å²) in [5, 5.41) is 0.588. The number of hydrogen-bond donors (Lipinski definition) is 1. The lowest BCUT2D eigenvalue weighted by molar-refractivity contribution is -0.117. The first kappa shape index (κ1) is 22.0. The van der Waals surface area contributed by atoms with Gasteiger partial charge in [0.05, 0.1) is 11.0 Å². The Morgan fingerprint density at radius 2 is 2.00 bits per heavy atom. The molecule has 5 nitrogen and oxygen atoms in total. The number of rotatable bonds is 8. The fourth-order valence-electron chi connectivity index (χ4n) is 3.63. The van der Waals surface area contributed by atoms with E-state index < -0.39 is 10.0 Å². The number of halogens is 1. The zero-order valence-corrected chi connectivity index (χ0v) is 18.1. The second kappa shape index (κ2) is 9.85. The van der Waals surface area contributed by atoms with Gasteiger partial charge in [0.2, 0.25) is 10.0 Å². The van der Waals surface area contributed by atoms with E-state index in [0.29, 0.717) is 23.7 Å². The first-order valence-electron chi connectivity index (χ1n) is 9.89. The molecule has 0 aliphatic carbocycles. The molecule has 7 heteroatoms. The van der Waals surface area contributed by atoms with Gasteiger partial charge >= 0.3 is 0 Å². The minimum atomic E-state index is -3.60. The summed E-state index contributed by atoms with van der Waals surface area (Å²) >= 11 is 6.01. The Balaban J connectivity index is 1.88. The molecule has 1 unspecified atom stereocenters. The Hall–Kier alpha value is -1.73. The van der Waals surface area contributed by atoms with E-state index in [-0.39, 0.29) is 29.6 Å². The Labute approximate surface area is 177 Å². The van der Waals surface area contributed by atoms with E-state index in [0.717, 1.165) is 30.4 Å². The Kier molecular flexibility index (Phi) is 7.46. The molecule has 1 aliphatic rings. The highest BCUT2D eigenvalue weighted by Gasteiger charge is 2.23. The van der Waals surface area contributed by atoms with Crippen molar-refractivity contribution < 1.29 is 17.9 Å². The van der Waals surface area contributed by atoms with Crippen LogP contribution in [-0.2, 0) is 32.4 Å². The highest BCUT2D eigenvalue weighted by atomic mass is 35.5. The summed E-state index contributed by atoms with van der Waals surface area (Å²) < 4.78 is 33.3. The second-order valence-electron chi connectivity index (χ2n) is 7.24. The lowest BCUT2D eigenvalue weighted by Gasteiger charge is -2.25. The quantitative estimate of drug-likeness (QED) is 0.673. The summed E-state index contributed by atoms with van der Waals surface area (Å²) in [7, 11) is -3.60. The molecule has 0 radical (unpaired) electrons. The highest BCUT2D eigenvalue weighted by Crippen LogP contribution is 2.32. The molecule has 0 bridgehead atoms.